The number of ether oxygens (including phenoxy) is 1. The molecule has 3 rings (SSSR count). The molecule has 5 nitrogen and oxygen atoms in total. The molecule has 0 aliphatic carbocycles. The summed E-state index contributed by atoms with van der Waals surface area (Å²) < 4.78 is 36.6. The zero-order valence-corrected chi connectivity index (χ0v) is 17.0. The molecule has 2 aromatic rings. The van der Waals surface area contributed by atoms with E-state index in [1.807, 2.05) is 42.2 Å². The Hall–Kier alpha value is -1.86. The lowest BCUT2D eigenvalue weighted by atomic mass is 10.2. The molecule has 26 heavy (non-hydrogen) atoms. The van der Waals surface area contributed by atoms with Gasteiger partial charge in [-0.1, -0.05) is 46.3 Å². The highest BCUT2D eigenvalue weighted by atomic mass is 79.9. The molecule has 1 aliphatic heterocycles. The third-order valence-corrected chi connectivity index (χ3v) is 5.91. The van der Waals surface area contributed by atoms with E-state index in [2.05, 4.69) is 20.3 Å². The highest BCUT2D eigenvalue weighted by Gasteiger charge is 2.25. The summed E-state index contributed by atoms with van der Waals surface area (Å²) in [6.45, 7) is 3.81. The number of halogens is 1. The molecule has 0 N–H and O–H groups in total. The quantitative estimate of drug-likeness (QED) is 0.523. The molecule has 1 heterocycles. The first kappa shape index (κ1) is 18.9. The van der Waals surface area contributed by atoms with E-state index in [-0.39, 0.29) is 4.90 Å². The van der Waals surface area contributed by atoms with Crippen LogP contribution in [-0.4, -0.2) is 38.8 Å². The number of hydrogen-bond donors (Lipinski definition) is 0. The highest BCUT2D eigenvalue weighted by molar-refractivity contribution is 9.10. The zero-order valence-electron chi connectivity index (χ0n) is 14.6. The predicted octanol–water partition coefficient (Wildman–Crippen LogP) is 4.08. The summed E-state index contributed by atoms with van der Waals surface area (Å²) in [5.41, 5.74) is 0.797. The maximum absolute atomic E-state index is 13.1. The van der Waals surface area contributed by atoms with Crippen LogP contribution in [0.15, 0.2) is 62.3 Å². The highest BCUT2D eigenvalue weighted by Crippen LogP contribution is 2.30. The van der Waals surface area contributed by atoms with Crippen LogP contribution in [0.1, 0.15) is 25.3 Å². The van der Waals surface area contributed by atoms with Gasteiger partial charge in [-0.15, -0.1) is 4.40 Å². The fraction of sp³-hybridized carbons (Fsp3) is 0.316. The first-order valence-corrected chi connectivity index (χ1v) is 10.8. The van der Waals surface area contributed by atoms with E-state index in [0.717, 1.165) is 31.5 Å². The molecule has 138 valence electrons. The minimum atomic E-state index is -3.93. The number of sulfonamides is 1. The minimum absolute atomic E-state index is 0.0707. The maximum Gasteiger partial charge on any atom is 0.288 e. The molecule has 0 amide bonds. The van der Waals surface area contributed by atoms with Crippen molar-refractivity contribution >= 4 is 31.8 Å². The van der Waals surface area contributed by atoms with Gasteiger partial charge >= 0.3 is 0 Å². The van der Waals surface area contributed by atoms with Gasteiger partial charge in [0.15, 0.2) is 0 Å². The molecule has 0 bridgehead atoms. The largest absolute Gasteiger partial charge is 0.492 e. The number of rotatable bonds is 5. The van der Waals surface area contributed by atoms with E-state index >= 15 is 0 Å². The van der Waals surface area contributed by atoms with Crippen molar-refractivity contribution in [1.82, 2.24) is 4.90 Å². The fourth-order valence-electron chi connectivity index (χ4n) is 2.93. The molecule has 0 saturated carbocycles. The minimum Gasteiger partial charge on any atom is -0.492 e. The Morgan fingerprint density at radius 1 is 1.15 bits per heavy atom. The zero-order chi connectivity index (χ0) is 18.6. The normalized spacial score (nSPS) is 15.3. The van der Waals surface area contributed by atoms with Crippen molar-refractivity contribution in [1.29, 1.82) is 0 Å². The van der Waals surface area contributed by atoms with Crippen LogP contribution in [0.5, 0.6) is 5.75 Å². The molecule has 1 aliphatic rings. The molecular weight excluding hydrogens is 416 g/mol. The second kappa shape index (κ2) is 8.22. The van der Waals surface area contributed by atoms with Crippen molar-refractivity contribution in [3.8, 4) is 5.75 Å². The van der Waals surface area contributed by atoms with Crippen LogP contribution in [-0.2, 0) is 10.0 Å². The average molecular weight is 437 g/mol. The van der Waals surface area contributed by atoms with Gasteiger partial charge in [-0.25, -0.2) is 0 Å². The lowest BCUT2D eigenvalue weighted by molar-refractivity contribution is 0.331. The van der Waals surface area contributed by atoms with E-state index in [1.165, 1.54) is 6.07 Å². The SMILES string of the molecule is CCOc1ccc(Br)cc1S(=O)(=O)/N=C(\c1ccccc1)N1CCCC1. The van der Waals surface area contributed by atoms with Crippen LogP contribution in [0.2, 0.25) is 0 Å². The van der Waals surface area contributed by atoms with Crippen molar-refractivity contribution in [3.63, 3.8) is 0 Å². The molecule has 1 fully saturated rings. The van der Waals surface area contributed by atoms with Crippen molar-refractivity contribution in [2.45, 2.75) is 24.7 Å². The Kier molecular flexibility index (Phi) is 5.98. The second-order valence-corrected chi connectivity index (χ2v) is 8.46. The van der Waals surface area contributed by atoms with E-state index in [0.29, 0.717) is 22.7 Å². The van der Waals surface area contributed by atoms with Crippen LogP contribution in [0.25, 0.3) is 0 Å². The van der Waals surface area contributed by atoms with Crippen LogP contribution >= 0.6 is 15.9 Å². The van der Waals surface area contributed by atoms with Gasteiger partial charge in [-0.2, -0.15) is 8.42 Å². The van der Waals surface area contributed by atoms with Gasteiger partial charge in [0.1, 0.15) is 16.5 Å². The van der Waals surface area contributed by atoms with Gasteiger partial charge in [-0.3, -0.25) is 0 Å². The summed E-state index contributed by atoms with van der Waals surface area (Å²) in [5.74, 6) is 0.804. The summed E-state index contributed by atoms with van der Waals surface area (Å²) in [6.07, 6.45) is 2.07. The Bertz CT molecular complexity index is 892. The number of amidine groups is 1. The monoisotopic (exact) mass is 436 g/mol. The van der Waals surface area contributed by atoms with E-state index < -0.39 is 10.0 Å². The van der Waals surface area contributed by atoms with Crippen molar-refractivity contribution in [2.75, 3.05) is 19.7 Å². The van der Waals surface area contributed by atoms with E-state index in [4.69, 9.17) is 4.74 Å². The van der Waals surface area contributed by atoms with Crippen molar-refractivity contribution in [3.05, 3.63) is 58.6 Å². The van der Waals surface area contributed by atoms with Gasteiger partial charge in [0.25, 0.3) is 10.0 Å². The summed E-state index contributed by atoms with van der Waals surface area (Å²) >= 11 is 3.34. The molecule has 7 heteroatoms. The summed E-state index contributed by atoms with van der Waals surface area (Å²) in [5, 5.41) is 0. The van der Waals surface area contributed by atoms with Crippen LogP contribution in [0.4, 0.5) is 0 Å². The Balaban J connectivity index is 2.10. The second-order valence-electron chi connectivity index (χ2n) is 5.97. The van der Waals surface area contributed by atoms with Gasteiger partial charge in [0.2, 0.25) is 0 Å². The Morgan fingerprint density at radius 2 is 1.85 bits per heavy atom. The lowest BCUT2D eigenvalue weighted by Crippen LogP contribution is -2.29. The van der Waals surface area contributed by atoms with Gasteiger partial charge in [-0.05, 0) is 38.0 Å². The first-order valence-electron chi connectivity index (χ1n) is 8.59. The topological polar surface area (TPSA) is 59.0 Å². The maximum atomic E-state index is 13.1. The summed E-state index contributed by atoms with van der Waals surface area (Å²) in [4.78, 5) is 2.10. The molecule has 0 atom stereocenters. The number of hydrogen-bond acceptors (Lipinski definition) is 3. The standard InChI is InChI=1S/C19H21BrN2O3S/c1-2-25-17-11-10-16(20)14-18(17)26(23,24)21-19(22-12-6-7-13-22)15-8-4-3-5-9-15/h3-5,8-11,14H,2,6-7,12-13H2,1H3/b21-19+. The molecule has 1 saturated heterocycles. The summed E-state index contributed by atoms with van der Waals surface area (Å²) in [7, 11) is -3.93. The number of nitrogens with zero attached hydrogens (tertiary/aromatic N) is 2. The van der Waals surface area contributed by atoms with Crippen LogP contribution in [0.3, 0.4) is 0 Å². The number of likely N-dealkylation sites (tertiary alicyclic amines) is 1. The van der Waals surface area contributed by atoms with Gasteiger partial charge < -0.3 is 9.64 Å². The van der Waals surface area contributed by atoms with Crippen molar-refractivity contribution in [2.24, 2.45) is 4.40 Å². The molecule has 0 aromatic heterocycles. The van der Waals surface area contributed by atoms with Gasteiger partial charge in [0.05, 0.1) is 6.61 Å². The van der Waals surface area contributed by atoms with E-state index in [9.17, 15) is 8.42 Å². The smallest absolute Gasteiger partial charge is 0.288 e. The molecule has 0 unspecified atom stereocenters. The average Bonchev–Trinajstić information content (AvgIpc) is 3.16. The first-order chi connectivity index (χ1) is 12.5. The summed E-state index contributed by atoms with van der Waals surface area (Å²) in [6, 6.07) is 14.4. The Morgan fingerprint density at radius 3 is 2.50 bits per heavy atom. The Labute approximate surface area is 162 Å². The predicted molar refractivity (Wildman–Crippen MR) is 106 cm³/mol. The van der Waals surface area contributed by atoms with Crippen molar-refractivity contribution < 1.29 is 13.2 Å². The molecule has 0 spiro atoms. The van der Waals surface area contributed by atoms with Gasteiger partial charge in [0, 0.05) is 23.1 Å². The number of benzene rings is 2. The molecule has 0 radical (unpaired) electrons. The molecule has 2 aromatic carbocycles. The fourth-order valence-corrected chi connectivity index (χ4v) is 4.65. The van der Waals surface area contributed by atoms with E-state index in [1.54, 1.807) is 12.1 Å². The molecular formula is C19H21BrN2O3S. The van der Waals surface area contributed by atoms with Crippen LogP contribution < -0.4 is 4.74 Å². The third kappa shape index (κ3) is 4.27. The van der Waals surface area contributed by atoms with Crippen LogP contribution in [0, 0.1) is 0 Å². The lowest BCUT2D eigenvalue weighted by Gasteiger charge is -2.20. The third-order valence-electron chi connectivity index (χ3n) is 4.13.